The molecule has 4 amide bonds. The van der Waals surface area contributed by atoms with E-state index in [0.29, 0.717) is 18.4 Å². The van der Waals surface area contributed by atoms with Gasteiger partial charge in [-0.15, -0.1) is 0 Å². The molecular weight excluding hydrogens is 506 g/mol. The van der Waals surface area contributed by atoms with Gasteiger partial charge in [0, 0.05) is 6.42 Å². The minimum atomic E-state index is -1.55. The summed E-state index contributed by atoms with van der Waals surface area (Å²) in [6, 6.07) is 3.23. The van der Waals surface area contributed by atoms with Crippen LogP contribution < -0.4 is 27.0 Å². The molecule has 12 heteroatoms. The van der Waals surface area contributed by atoms with Crippen LogP contribution in [-0.4, -0.2) is 76.6 Å². The van der Waals surface area contributed by atoms with Crippen molar-refractivity contribution >= 4 is 29.6 Å². The van der Waals surface area contributed by atoms with Gasteiger partial charge in [0.05, 0.1) is 12.6 Å². The van der Waals surface area contributed by atoms with Gasteiger partial charge in [0.25, 0.3) is 0 Å². The van der Waals surface area contributed by atoms with Crippen LogP contribution in [0.5, 0.6) is 0 Å². The molecule has 0 aliphatic carbocycles. The van der Waals surface area contributed by atoms with E-state index in [1.165, 1.54) is 6.92 Å². The monoisotopic (exact) mass is 549 g/mol. The van der Waals surface area contributed by atoms with E-state index in [-0.39, 0.29) is 18.3 Å². The molecule has 218 valence electrons. The van der Waals surface area contributed by atoms with Gasteiger partial charge < -0.3 is 37.2 Å². The number of aliphatic hydroxyl groups is 1. The Kier molecular flexibility index (Phi) is 14.1. The largest absolute Gasteiger partial charge is 0.480 e. The third-order valence-electron chi connectivity index (χ3n) is 5.87. The molecule has 0 radical (unpaired) electrons. The summed E-state index contributed by atoms with van der Waals surface area (Å²) < 4.78 is 0. The van der Waals surface area contributed by atoms with Crippen LogP contribution in [0, 0.1) is 11.8 Å². The molecule has 0 spiro atoms. The molecule has 0 aliphatic heterocycles. The molecule has 8 N–H and O–H groups in total. The minimum Gasteiger partial charge on any atom is -0.480 e. The summed E-state index contributed by atoms with van der Waals surface area (Å²) in [4.78, 5) is 62.7. The zero-order valence-corrected chi connectivity index (χ0v) is 23.3. The third-order valence-corrected chi connectivity index (χ3v) is 5.87. The van der Waals surface area contributed by atoms with Gasteiger partial charge in [-0.05, 0) is 37.2 Å². The molecule has 0 fully saturated rings. The number of amides is 4. The Bertz CT molecular complexity index is 971. The highest BCUT2D eigenvalue weighted by Gasteiger charge is 2.30. The Morgan fingerprint density at radius 2 is 1.23 bits per heavy atom. The number of aliphatic carboxylic acids is 1. The van der Waals surface area contributed by atoms with Crippen LogP contribution >= 0.6 is 0 Å². The molecule has 0 aliphatic rings. The molecule has 1 aromatic carbocycles. The molecule has 0 heterocycles. The molecule has 1 rings (SSSR count). The fourth-order valence-electron chi connectivity index (χ4n) is 3.79. The number of carboxylic acids is 1. The maximum absolute atomic E-state index is 13.0. The van der Waals surface area contributed by atoms with Gasteiger partial charge in [0.1, 0.15) is 24.2 Å². The Morgan fingerprint density at radius 1 is 0.718 bits per heavy atom. The predicted molar refractivity (Wildman–Crippen MR) is 145 cm³/mol. The maximum Gasteiger partial charge on any atom is 0.328 e. The van der Waals surface area contributed by atoms with Crippen LogP contribution in [-0.2, 0) is 30.4 Å². The summed E-state index contributed by atoms with van der Waals surface area (Å²) in [7, 11) is 0. The fourth-order valence-corrected chi connectivity index (χ4v) is 3.79. The average Bonchev–Trinajstić information content (AvgIpc) is 2.85. The van der Waals surface area contributed by atoms with E-state index in [1.54, 1.807) is 30.3 Å². The molecule has 39 heavy (non-hydrogen) atoms. The summed E-state index contributed by atoms with van der Waals surface area (Å²) in [6.07, 6.45) is 0.804. The molecule has 0 saturated carbocycles. The van der Waals surface area contributed by atoms with E-state index in [2.05, 4.69) is 21.3 Å². The molecule has 5 atom stereocenters. The Morgan fingerprint density at radius 3 is 1.74 bits per heavy atom. The number of carbonyl (C=O) groups is 5. The summed E-state index contributed by atoms with van der Waals surface area (Å²) in [6.45, 7) is 8.24. The summed E-state index contributed by atoms with van der Waals surface area (Å²) in [5, 5.41) is 28.5. The second kappa shape index (κ2) is 16.5. The number of hydrogen-bond acceptors (Lipinski definition) is 7. The van der Waals surface area contributed by atoms with Crippen LogP contribution in [0.4, 0.5) is 0 Å². The summed E-state index contributed by atoms with van der Waals surface area (Å²) >= 11 is 0. The molecule has 12 nitrogen and oxygen atoms in total. The van der Waals surface area contributed by atoms with Crippen molar-refractivity contribution in [2.24, 2.45) is 17.6 Å². The van der Waals surface area contributed by atoms with Crippen molar-refractivity contribution in [3.63, 3.8) is 0 Å². The number of carboxylic acid groups (broad SMARTS) is 1. The fraction of sp³-hybridized carbons (Fsp3) is 0.593. The predicted octanol–water partition coefficient (Wildman–Crippen LogP) is -0.315. The lowest BCUT2D eigenvalue weighted by molar-refractivity contribution is -0.143. The van der Waals surface area contributed by atoms with E-state index in [0.717, 1.165) is 0 Å². The number of carbonyl (C=O) groups excluding carboxylic acids is 4. The third kappa shape index (κ3) is 12.3. The second-order valence-corrected chi connectivity index (χ2v) is 10.5. The number of nitrogens with one attached hydrogen (secondary N) is 4. The average molecular weight is 550 g/mol. The van der Waals surface area contributed by atoms with Crippen molar-refractivity contribution < 1.29 is 34.2 Å². The topological polar surface area (TPSA) is 200 Å². The van der Waals surface area contributed by atoms with Crippen molar-refractivity contribution in [2.45, 2.75) is 84.1 Å². The summed E-state index contributed by atoms with van der Waals surface area (Å²) in [5.74, 6) is -3.72. The van der Waals surface area contributed by atoms with E-state index >= 15 is 0 Å². The molecule has 0 unspecified atom stereocenters. The van der Waals surface area contributed by atoms with Crippen LogP contribution in [0.2, 0.25) is 0 Å². The number of aliphatic hydroxyl groups excluding tert-OH is 1. The first-order chi connectivity index (χ1) is 18.2. The molecule has 0 saturated heterocycles. The second-order valence-electron chi connectivity index (χ2n) is 10.5. The van der Waals surface area contributed by atoms with E-state index in [1.807, 2.05) is 27.7 Å². The lowest BCUT2D eigenvalue weighted by Gasteiger charge is -2.25. The lowest BCUT2D eigenvalue weighted by atomic mass is 10.0. The number of nitrogens with two attached hydrogens (primary N) is 1. The first kappa shape index (κ1) is 33.5. The highest BCUT2D eigenvalue weighted by molar-refractivity contribution is 5.95. The van der Waals surface area contributed by atoms with Gasteiger partial charge in [-0.1, -0.05) is 58.0 Å². The van der Waals surface area contributed by atoms with E-state index in [9.17, 15) is 29.1 Å². The van der Waals surface area contributed by atoms with Gasteiger partial charge in [-0.3, -0.25) is 19.2 Å². The number of hydrogen-bond donors (Lipinski definition) is 7. The minimum absolute atomic E-state index is 0.0383. The first-order valence-corrected chi connectivity index (χ1v) is 13.1. The first-order valence-electron chi connectivity index (χ1n) is 13.1. The molecular formula is C27H43N5O7. The highest BCUT2D eigenvalue weighted by Crippen LogP contribution is 2.09. The van der Waals surface area contributed by atoms with Crippen LogP contribution in [0.3, 0.4) is 0 Å². The highest BCUT2D eigenvalue weighted by atomic mass is 16.4. The van der Waals surface area contributed by atoms with Crippen LogP contribution in [0.15, 0.2) is 30.3 Å². The molecule has 0 aromatic heterocycles. The van der Waals surface area contributed by atoms with Crippen molar-refractivity contribution in [1.82, 2.24) is 21.3 Å². The van der Waals surface area contributed by atoms with E-state index in [4.69, 9.17) is 10.8 Å². The standard InChI is InChI=1S/C27H43N5O7/c1-15(2)11-19(28)24(35)31-20(12-16(3)4)25(36)29-17(5)23(34)30-21(13-18-9-7-6-8-10-18)26(37)32-22(14-33)27(38)39/h6-10,15-17,19-22,33H,11-14,28H2,1-5H3,(H,29,36)(H,30,34)(H,31,35)(H,32,37)(H,38,39)/t17-,19-,20-,21-,22-/m0/s1. The Labute approximate surface area is 229 Å². The quantitative estimate of drug-likeness (QED) is 0.145. The van der Waals surface area contributed by atoms with Crippen molar-refractivity contribution in [3.8, 4) is 0 Å². The van der Waals surface area contributed by atoms with Gasteiger partial charge in [0.15, 0.2) is 0 Å². The zero-order valence-electron chi connectivity index (χ0n) is 23.3. The lowest BCUT2D eigenvalue weighted by Crippen LogP contribution is -2.58. The van der Waals surface area contributed by atoms with E-state index < -0.39 is 66.4 Å². The van der Waals surface area contributed by atoms with Gasteiger partial charge >= 0.3 is 5.97 Å². The maximum atomic E-state index is 13.0. The normalized spacial score (nSPS) is 15.0. The van der Waals surface area contributed by atoms with Crippen LogP contribution in [0.25, 0.3) is 0 Å². The Balaban J connectivity index is 2.97. The van der Waals surface area contributed by atoms with Crippen molar-refractivity contribution in [2.75, 3.05) is 6.61 Å². The van der Waals surface area contributed by atoms with Crippen LogP contribution in [0.1, 0.15) is 53.0 Å². The zero-order chi connectivity index (χ0) is 29.7. The smallest absolute Gasteiger partial charge is 0.328 e. The molecule has 0 bridgehead atoms. The SMILES string of the molecule is CC(C)C[C@H](NC(=O)[C@@H](N)CC(C)C)C(=O)N[C@@H](C)C(=O)N[C@@H](Cc1ccccc1)C(=O)N[C@@H](CO)C(=O)O. The number of benzene rings is 1. The molecule has 1 aromatic rings. The van der Waals surface area contributed by atoms with Crippen molar-refractivity contribution in [1.29, 1.82) is 0 Å². The van der Waals surface area contributed by atoms with Crippen molar-refractivity contribution in [3.05, 3.63) is 35.9 Å². The number of rotatable bonds is 16. The van der Waals surface area contributed by atoms with Gasteiger partial charge in [0.2, 0.25) is 23.6 Å². The van der Waals surface area contributed by atoms with Gasteiger partial charge in [-0.2, -0.15) is 0 Å². The van der Waals surface area contributed by atoms with Gasteiger partial charge in [-0.25, -0.2) is 4.79 Å². The summed E-state index contributed by atoms with van der Waals surface area (Å²) in [5.41, 5.74) is 6.66. The Hall–Kier alpha value is -3.51.